The van der Waals surface area contributed by atoms with Gasteiger partial charge in [-0.25, -0.2) is 14.4 Å². The number of carbonyl (C=O) groups excluding carboxylic acids is 5. The molecular weight excluding hydrogens is 504 g/mol. The van der Waals surface area contributed by atoms with Gasteiger partial charge >= 0.3 is 29.8 Å². The van der Waals surface area contributed by atoms with Crippen LogP contribution in [0, 0.1) is 0 Å². The van der Waals surface area contributed by atoms with Crippen molar-refractivity contribution in [1.82, 2.24) is 0 Å². The van der Waals surface area contributed by atoms with Gasteiger partial charge < -0.3 is 18.9 Å². The lowest BCUT2D eigenvalue weighted by Crippen LogP contribution is -2.23. The smallest absolute Gasteiger partial charge is 0.360 e. The first-order valence-electron chi connectivity index (χ1n) is 11.6. The predicted octanol–water partition coefficient (Wildman–Crippen LogP) is 4.62. The van der Waals surface area contributed by atoms with Gasteiger partial charge in [0, 0.05) is 42.7 Å². The van der Waals surface area contributed by atoms with Crippen molar-refractivity contribution in [3.05, 3.63) is 108 Å². The highest BCUT2D eigenvalue weighted by molar-refractivity contribution is 5.98. The van der Waals surface area contributed by atoms with Gasteiger partial charge in [-0.3, -0.25) is 9.59 Å². The van der Waals surface area contributed by atoms with Crippen molar-refractivity contribution in [3.8, 4) is 11.5 Å². The predicted molar refractivity (Wildman–Crippen MR) is 140 cm³/mol. The first kappa shape index (κ1) is 28.3. The summed E-state index contributed by atoms with van der Waals surface area (Å²) in [7, 11) is 0. The fourth-order valence-corrected chi connectivity index (χ4v) is 3.27. The van der Waals surface area contributed by atoms with Crippen molar-refractivity contribution in [1.29, 1.82) is 0 Å². The zero-order valence-electron chi connectivity index (χ0n) is 21.1. The van der Waals surface area contributed by atoms with Crippen molar-refractivity contribution in [2.45, 2.75) is 20.0 Å². The summed E-state index contributed by atoms with van der Waals surface area (Å²) in [5.74, 6) is -3.66. The third-order valence-electron chi connectivity index (χ3n) is 4.89. The number of carbonyl (C=O) groups is 5. The van der Waals surface area contributed by atoms with Gasteiger partial charge in [0.25, 0.3) is 0 Å². The Hall–Kier alpha value is -5.31. The summed E-state index contributed by atoms with van der Waals surface area (Å²) in [6.45, 7) is 2.49. The molecule has 0 N–H and O–H groups in total. The highest BCUT2D eigenvalue weighted by Crippen LogP contribution is 2.23. The number of rotatable bonds is 9. The van der Waals surface area contributed by atoms with Crippen molar-refractivity contribution < 1.29 is 42.9 Å². The molecule has 1 unspecified atom stereocenters. The molecule has 0 aromatic heterocycles. The summed E-state index contributed by atoms with van der Waals surface area (Å²) in [5.41, 5.74) is 1.11. The number of hydrogen-bond donors (Lipinski definition) is 0. The molecule has 0 radical (unpaired) electrons. The second-order valence-corrected chi connectivity index (χ2v) is 7.90. The van der Waals surface area contributed by atoms with Gasteiger partial charge in [-0.2, -0.15) is 0 Å². The zero-order chi connectivity index (χ0) is 28.2. The van der Waals surface area contributed by atoms with Crippen LogP contribution in [-0.2, 0) is 33.4 Å². The Morgan fingerprint density at radius 2 is 1.08 bits per heavy atom. The molecule has 0 spiro atoms. The fraction of sp³-hybridized carbons (Fsp3) is 0.100. The molecule has 9 heteroatoms. The van der Waals surface area contributed by atoms with Crippen LogP contribution in [0.15, 0.2) is 91.0 Å². The fourth-order valence-electron chi connectivity index (χ4n) is 3.27. The molecule has 0 fully saturated rings. The van der Waals surface area contributed by atoms with E-state index in [9.17, 15) is 24.0 Å². The molecule has 3 aromatic carbocycles. The number of benzene rings is 3. The van der Waals surface area contributed by atoms with Crippen LogP contribution in [0.3, 0.4) is 0 Å². The number of para-hydroxylation sites is 2. The second-order valence-electron chi connectivity index (χ2n) is 7.90. The minimum Gasteiger partial charge on any atom is -0.442 e. The molecule has 0 saturated heterocycles. The molecule has 3 aromatic rings. The molecule has 0 aliphatic heterocycles. The third kappa shape index (κ3) is 8.94. The highest BCUT2D eigenvalue weighted by Gasteiger charge is 2.27. The summed E-state index contributed by atoms with van der Waals surface area (Å²) in [6, 6.07) is 21.0. The maximum absolute atomic E-state index is 12.9. The normalized spacial score (nSPS) is 11.5. The van der Waals surface area contributed by atoms with Crippen LogP contribution in [0.1, 0.15) is 36.6 Å². The molecule has 198 valence electrons. The van der Waals surface area contributed by atoms with Crippen molar-refractivity contribution in [3.63, 3.8) is 0 Å². The number of esters is 5. The molecule has 0 bridgehead atoms. The van der Waals surface area contributed by atoms with Crippen molar-refractivity contribution in [2.75, 3.05) is 0 Å². The van der Waals surface area contributed by atoms with Gasteiger partial charge in [0.2, 0.25) is 6.10 Å². The van der Waals surface area contributed by atoms with Gasteiger partial charge in [0.1, 0.15) is 11.5 Å². The molecule has 9 nitrogen and oxygen atoms in total. The molecule has 3 rings (SSSR count). The lowest BCUT2D eigenvalue weighted by molar-refractivity contribution is -0.170. The van der Waals surface area contributed by atoms with Gasteiger partial charge in [-0.05, 0) is 24.3 Å². The quantitative estimate of drug-likeness (QED) is 0.169. The Morgan fingerprint density at radius 1 is 0.615 bits per heavy atom. The van der Waals surface area contributed by atoms with E-state index in [1.807, 2.05) is 0 Å². The van der Waals surface area contributed by atoms with E-state index in [-0.39, 0.29) is 17.1 Å². The zero-order valence-corrected chi connectivity index (χ0v) is 21.1. The second kappa shape index (κ2) is 13.8. The van der Waals surface area contributed by atoms with Crippen LogP contribution in [0.25, 0.3) is 12.2 Å². The van der Waals surface area contributed by atoms with Gasteiger partial charge in [0.05, 0.1) is 0 Å². The van der Waals surface area contributed by atoms with E-state index in [0.717, 1.165) is 12.2 Å². The van der Waals surface area contributed by atoms with Crippen molar-refractivity contribution >= 4 is 42.0 Å². The van der Waals surface area contributed by atoms with Crippen LogP contribution < -0.4 is 9.47 Å². The van der Waals surface area contributed by atoms with Crippen LogP contribution in [0.4, 0.5) is 0 Å². The Morgan fingerprint density at radius 3 is 1.59 bits per heavy atom. The van der Waals surface area contributed by atoms with E-state index in [4.69, 9.17) is 18.9 Å². The molecule has 0 aliphatic carbocycles. The monoisotopic (exact) mass is 528 g/mol. The molecule has 0 saturated carbocycles. The summed E-state index contributed by atoms with van der Waals surface area (Å²) in [4.78, 5) is 60.4. The van der Waals surface area contributed by atoms with E-state index in [2.05, 4.69) is 0 Å². The summed E-state index contributed by atoms with van der Waals surface area (Å²) in [6.07, 6.45) is 3.18. The first-order valence-corrected chi connectivity index (χ1v) is 11.6. The minimum atomic E-state index is -1.54. The molecule has 0 aliphatic rings. The summed E-state index contributed by atoms with van der Waals surface area (Å²) >= 11 is 0. The molecule has 0 heterocycles. The third-order valence-corrected chi connectivity index (χ3v) is 4.89. The highest BCUT2D eigenvalue weighted by atomic mass is 16.6. The van der Waals surface area contributed by atoms with E-state index in [1.165, 1.54) is 38.1 Å². The summed E-state index contributed by atoms with van der Waals surface area (Å²) < 4.78 is 20.4. The SMILES string of the molecule is CC(=O)Oc1ccccc1C=CC(=O)OC(=O)C(OC(=O)C=Cc1ccccc1OC(C)=O)c1ccccc1. The molecule has 1 atom stereocenters. The number of ether oxygens (including phenoxy) is 4. The standard InChI is InChI=1S/C30H24O9/c1-20(31)36-25-14-8-6-10-22(25)16-18-27(33)38-29(24-12-4-3-5-13-24)30(35)39-28(34)19-17-23-11-7-9-15-26(23)37-21(2)32/h3-19,29H,1-2H3. The Kier molecular flexibility index (Phi) is 10.0. The van der Waals surface area contributed by atoms with Crippen LogP contribution in [0.5, 0.6) is 11.5 Å². The van der Waals surface area contributed by atoms with Gasteiger partial charge in [0.15, 0.2) is 0 Å². The Balaban J connectivity index is 1.73. The van der Waals surface area contributed by atoms with Gasteiger partial charge in [-0.15, -0.1) is 0 Å². The largest absolute Gasteiger partial charge is 0.442 e. The van der Waals surface area contributed by atoms with Gasteiger partial charge in [-0.1, -0.05) is 66.7 Å². The first-order chi connectivity index (χ1) is 18.7. The lowest BCUT2D eigenvalue weighted by atomic mass is 10.1. The Labute approximate surface area is 224 Å². The lowest BCUT2D eigenvalue weighted by Gasteiger charge is -2.15. The van der Waals surface area contributed by atoms with E-state index in [1.54, 1.807) is 66.7 Å². The Bertz CT molecular complexity index is 1420. The average molecular weight is 529 g/mol. The van der Waals surface area contributed by atoms with E-state index >= 15 is 0 Å². The topological polar surface area (TPSA) is 122 Å². The molecular formula is C30H24O9. The van der Waals surface area contributed by atoms with E-state index in [0.29, 0.717) is 11.1 Å². The minimum absolute atomic E-state index is 0.221. The van der Waals surface area contributed by atoms with E-state index < -0.39 is 36.0 Å². The van der Waals surface area contributed by atoms with Crippen LogP contribution in [0.2, 0.25) is 0 Å². The molecule has 0 amide bonds. The van der Waals surface area contributed by atoms with Crippen molar-refractivity contribution in [2.24, 2.45) is 0 Å². The molecule has 39 heavy (non-hydrogen) atoms. The van der Waals surface area contributed by atoms with Crippen LogP contribution in [-0.4, -0.2) is 29.8 Å². The van der Waals surface area contributed by atoms with Crippen LogP contribution >= 0.6 is 0 Å². The number of hydrogen-bond acceptors (Lipinski definition) is 9. The summed E-state index contributed by atoms with van der Waals surface area (Å²) in [5, 5.41) is 0. The maximum atomic E-state index is 12.9. The maximum Gasteiger partial charge on any atom is 0.360 e. The average Bonchev–Trinajstić information content (AvgIpc) is 2.90.